The molecule has 1 aromatic rings. The van der Waals surface area contributed by atoms with E-state index in [1.165, 1.54) is 18.2 Å². The van der Waals surface area contributed by atoms with Gasteiger partial charge in [-0.25, -0.2) is 4.79 Å². The van der Waals surface area contributed by atoms with Gasteiger partial charge in [-0.15, -0.1) is 0 Å². The smallest absolute Gasteiger partial charge is 0.337 e. The summed E-state index contributed by atoms with van der Waals surface area (Å²) in [5.41, 5.74) is 5.71. The quantitative estimate of drug-likeness (QED) is 0.755. The minimum absolute atomic E-state index is 0.0161. The van der Waals surface area contributed by atoms with Crippen molar-refractivity contribution < 1.29 is 19.4 Å². The van der Waals surface area contributed by atoms with E-state index in [9.17, 15) is 9.59 Å². The van der Waals surface area contributed by atoms with Crippen LogP contribution in [0.5, 0.6) is 5.75 Å². The molecule has 0 saturated heterocycles. The van der Waals surface area contributed by atoms with Crippen LogP contribution in [0.1, 0.15) is 24.2 Å². The Morgan fingerprint density at radius 2 is 1.95 bits per heavy atom. The van der Waals surface area contributed by atoms with Crippen LogP contribution in [0, 0.1) is 0 Å². The first kappa shape index (κ1) is 14.8. The molecule has 0 atom stereocenters. The minimum atomic E-state index is -1.09. The number of aromatic carboxylic acids is 1. The number of nitrogen functional groups attached to an aromatic ring is 1. The summed E-state index contributed by atoms with van der Waals surface area (Å²) in [5.74, 6) is -0.836. The molecular formula is C13H18N2O4. The van der Waals surface area contributed by atoms with Crippen LogP contribution in [0.3, 0.4) is 0 Å². The van der Waals surface area contributed by atoms with Crippen molar-refractivity contribution in [3.05, 3.63) is 23.8 Å². The first-order valence-electron chi connectivity index (χ1n) is 6.03. The van der Waals surface area contributed by atoms with Crippen molar-refractivity contribution in [1.29, 1.82) is 0 Å². The number of rotatable bonds is 6. The number of amides is 1. The van der Waals surface area contributed by atoms with Crippen LogP contribution < -0.4 is 10.5 Å². The summed E-state index contributed by atoms with van der Waals surface area (Å²) in [6.45, 7) is 4.94. The highest BCUT2D eigenvalue weighted by Gasteiger charge is 2.12. The molecule has 0 aromatic heterocycles. The fourth-order valence-corrected chi connectivity index (χ4v) is 1.64. The molecule has 3 N–H and O–H groups in total. The Balaban J connectivity index is 2.66. The molecule has 0 aliphatic carbocycles. The number of ether oxygens (including phenoxy) is 1. The maximum atomic E-state index is 11.7. The van der Waals surface area contributed by atoms with E-state index in [2.05, 4.69) is 0 Å². The third kappa shape index (κ3) is 3.87. The minimum Gasteiger partial charge on any atom is -0.484 e. The van der Waals surface area contributed by atoms with Crippen molar-refractivity contribution in [2.75, 3.05) is 25.4 Å². The number of carbonyl (C=O) groups excluding carboxylic acids is 1. The molecule has 0 fully saturated rings. The first-order valence-corrected chi connectivity index (χ1v) is 6.03. The third-order valence-corrected chi connectivity index (χ3v) is 2.73. The van der Waals surface area contributed by atoms with Crippen molar-refractivity contribution >= 4 is 17.6 Å². The summed E-state index contributed by atoms with van der Waals surface area (Å²) in [6, 6.07) is 4.24. The summed E-state index contributed by atoms with van der Waals surface area (Å²) >= 11 is 0. The van der Waals surface area contributed by atoms with Gasteiger partial charge in [0, 0.05) is 24.8 Å². The highest BCUT2D eigenvalue weighted by molar-refractivity contribution is 5.93. The highest BCUT2D eigenvalue weighted by Crippen LogP contribution is 2.19. The molecule has 19 heavy (non-hydrogen) atoms. The van der Waals surface area contributed by atoms with Crippen molar-refractivity contribution in [3.8, 4) is 5.75 Å². The zero-order valence-corrected chi connectivity index (χ0v) is 11.0. The average Bonchev–Trinajstić information content (AvgIpc) is 2.37. The van der Waals surface area contributed by atoms with Gasteiger partial charge in [-0.05, 0) is 26.0 Å². The van der Waals surface area contributed by atoms with Gasteiger partial charge >= 0.3 is 5.97 Å². The second-order valence-corrected chi connectivity index (χ2v) is 3.91. The molecule has 0 radical (unpaired) electrons. The van der Waals surface area contributed by atoms with Crippen molar-refractivity contribution in [2.24, 2.45) is 0 Å². The van der Waals surface area contributed by atoms with E-state index in [4.69, 9.17) is 15.6 Å². The monoisotopic (exact) mass is 266 g/mol. The maximum Gasteiger partial charge on any atom is 0.337 e. The summed E-state index contributed by atoms with van der Waals surface area (Å²) in [4.78, 5) is 24.1. The van der Waals surface area contributed by atoms with Gasteiger partial charge < -0.3 is 20.5 Å². The fraction of sp³-hybridized carbons (Fsp3) is 0.385. The van der Waals surface area contributed by atoms with E-state index in [0.29, 0.717) is 18.8 Å². The van der Waals surface area contributed by atoms with E-state index >= 15 is 0 Å². The van der Waals surface area contributed by atoms with Crippen LogP contribution in [0.15, 0.2) is 18.2 Å². The number of carboxylic acids is 1. The molecular weight excluding hydrogens is 248 g/mol. The lowest BCUT2D eigenvalue weighted by molar-refractivity contribution is -0.132. The van der Waals surface area contributed by atoms with E-state index in [0.717, 1.165) is 0 Å². The van der Waals surface area contributed by atoms with E-state index < -0.39 is 5.97 Å². The number of carbonyl (C=O) groups is 2. The number of nitrogens with zero attached hydrogens (tertiary/aromatic N) is 1. The summed E-state index contributed by atoms with van der Waals surface area (Å²) in [5, 5.41) is 8.83. The number of anilines is 1. The number of hydrogen-bond acceptors (Lipinski definition) is 4. The van der Waals surface area contributed by atoms with E-state index in [-0.39, 0.29) is 23.8 Å². The molecule has 0 spiro atoms. The predicted molar refractivity (Wildman–Crippen MR) is 71.2 cm³/mol. The highest BCUT2D eigenvalue weighted by atomic mass is 16.5. The number of carboxylic acid groups (broad SMARTS) is 1. The van der Waals surface area contributed by atoms with Crippen LogP contribution in [0.25, 0.3) is 0 Å². The number of nitrogens with two attached hydrogens (primary N) is 1. The van der Waals surface area contributed by atoms with Crippen LogP contribution in [-0.2, 0) is 4.79 Å². The Hall–Kier alpha value is -2.24. The second kappa shape index (κ2) is 6.63. The first-order chi connectivity index (χ1) is 8.99. The molecule has 0 aliphatic heterocycles. The topological polar surface area (TPSA) is 92.9 Å². The van der Waals surface area contributed by atoms with Crippen LogP contribution in [-0.4, -0.2) is 41.6 Å². The summed E-state index contributed by atoms with van der Waals surface area (Å²) in [6.07, 6.45) is 0. The Kier molecular flexibility index (Phi) is 5.17. The maximum absolute atomic E-state index is 11.7. The number of likely N-dealkylation sites (N-methyl/N-ethyl adjacent to an activating group) is 1. The lowest BCUT2D eigenvalue weighted by Crippen LogP contribution is -2.34. The lowest BCUT2D eigenvalue weighted by Gasteiger charge is -2.18. The molecule has 104 valence electrons. The van der Waals surface area contributed by atoms with Gasteiger partial charge in [-0.3, -0.25) is 4.79 Å². The lowest BCUT2D eigenvalue weighted by atomic mass is 10.2. The molecule has 1 rings (SSSR count). The van der Waals surface area contributed by atoms with Crippen molar-refractivity contribution in [1.82, 2.24) is 4.90 Å². The molecule has 0 bridgehead atoms. The Morgan fingerprint density at radius 3 is 2.42 bits per heavy atom. The molecule has 1 aromatic carbocycles. The van der Waals surface area contributed by atoms with E-state index in [1.54, 1.807) is 4.90 Å². The molecule has 0 heterocycles. The average molecular weight is 266 g/mol. The van der Waals surface area contributed by atoms with Crippen LogP contribution >= 0.6 is 0 Å². The zero-order valence-electron chi connectivity index (χ0n) is 11.0. The standard InChI is InChI=1S/C13H18N2O4/c1-3-15(4-2)12(16)8-19-9-5-6-10(13(17)18)11(14)7-9/h5-7H,3-4,8,14H2,1-2H3,(H,17,18). The Morgan fingerprint density at radius 1 is 1.32 bits per heavy atom. The van der Waals surface area contributed by atoms with E-state index in [1.807, 2.05) is 13.8 Å². The van der Waals surface area contributed by atoms with Gasteiger partial charge in [0.1, 0.15) is 5.75 Å². The van der Waals surface area contributed by atoms with Crippen molar-refractivity contribution in [3.63, 3.8) is 0 Å². The van der Waals surface area contributed by atoms with Crippen molar-refractivity contribution in [2.45, 2.75) is 13.8 Å². The van der Waals surface area contributed by atoms with Gasteiger partial charge in [0.05, 0.1) is 5.56 Å². The van der Waals surface area contributed by atoms with Gasteiger partial charge in [-0.1, -0.05) is 0 Å². The molecule has 0 unspecified atom stereocenters. The molecule has 0 saturated carbocycles. The van der Waals surface area contributed by atoms with Gasteiger partial charge in [-0.2, -0.15) is 0 Å². The third-order valence-electron chi connectivity index (χ3n) is 2.73. The van der Waals surface area contributed by atoms with Gasteiger partial charge in [0.25, 0.3) is 5.91 Å². The van der Waals surface area contributed by atoms with Crippen LogP contribution in [0.4, 0.5) is 5.69 Å². The molecule has 0 aliphatic rings. The summed E-state index contributed by atoms with van der Waals surface area (Å²) < 4.78 is 5.30. The second-order valence-electron chi connectivity index (χ2n) is 3.91. The van der Waals surface area contributed by atoms with Gasteiger partial charge in [0.15, 0.2) is 6.61 Å². The molecule has 6 heteroatoms. The predicted octanol–water partition coefficient (Wildman–Crippen LogP) is 1.21. The number of benzene rings is 1. The largest absolute Gasteiger partial charge is 0.484 e. The Bertz CT molecular complexity index is 470. The number of hydrogen-bond donors (Lipinski definition) is 2. The fourth-order valence-electron chi connectivity index (χ4n) is 1.64. The molecule has 1 amide bonds. The molecule has 6 nitrogen and oxygen atoms in total. The Labute approximate surface area is 111 Å². The normalized spacial score (nSPS) is 10.0. The zero-order chi connectivity index (χ0) is 14.4. The van der Waals surface area contributed by atoms with Crippen LogP contribution in [0.2, 0.25) is 0 Å². The SMILES string of the molecule is CCN(CC)C(=O)COc1ccc(C(=O)O)c(N)c1. The van der Waals surface area contributed by atoms with Gasteiger partial charge in [0.2, 0.25) is 0 Å². The summed E-state index contributed by atoms with van der Waals surface area (Å²) in [7, 11) is 0.